The molecule has 42 heavy (non-hydrogen) atoms. The van der Waals surface area contributed by atoms with E-state index in [1.165, 1.54) is 24.1 Å². The summed E-state index contributed by atoms with van der Waals surface area (Å²) in [5.74, 6) is -1.34. The summed E-state index contributed by atoms with van der Waals surface area (Å²) in [6, 6.07) is 22.6. The van der Waals surface area contributed by atoms with Gasteiger partial charge >= 0.3 is 6.18 Å². The van der Waals surface area contributed by atoms with Crippen LogP contribution in [0, 0.1) is 5.82 Å². The molecule has 0 saturated carbocycles. The first kappa shape index (κ1) is 30.3. The number of carbonyl (C=O) groups excluding carboxylic acids is 1. The third-order valence-electron chi connectivity index (χ3n) is 7.12. The number of halogens is 4. The molecule has 0 aliphatic heterocycles. The topological polar surface area (TPSA) is 67.6 Å². The van der Waals surface area contributed by atoms with Crippen molar-refractivity contribution in [2.45, 2.75) is 25.6 Å². The zero-order valence-corrected chi connectivity index (χ0v) is 23.4. The number of hydrogen-bond donors (Lipinski definition) is 2. The Balaban J connectivity index is 1.73. The average molecular weight is 578 g/mol. The van der Waals surface area contributed by atoms with E-state index in [-0.39, 0.29) is 23.8 Å². The van der Waals surface area contributed by atoms with E-state index in [2.05, 4.69) is 11.9 Å². The fraction of sp³-hybridized carbons (Fsp3) is 0.182. The number of ether oxygens (including phenoxy) is 1. The van der Waals surface area contributed by atoms with Crippen molar-refractivity contribution < 1.29 is 27.1 Å². The molecule has 5 nitrogen and oxygen atoms in total. The molecule has 3 N–H and O–H groups in total. The molecule has 0 radical (unpaired) electrons. The Labute approximate surface area is 241 Å². The SMILES string of the molecule is C=C(/C=C(/C(=O)Nc1cc(C(C)c2c(OC)ccc3ccccc23)ccc1F)N(C)c1cccc(CN)c1)C(F)(F)F. The lowest BCUT2D eigenvalue weighted by Gasteiger charge is -2.24. The van der Waals surface area contributed by atoms with Gasteiger partial charge in [0.2, 0.25) is 0 Å². The van der Waals surface area contributed by atoms with E-state index in [9.17, 15) is 18.0 Å². The second kappa shape index (κ2) is 12.5. The summed E-state index contributed by atoms with van der Waals surface area (Å²) in [7, 11) is 3.01. The van der Waals surface area contributed by atoms with Crippen molar-refractivity contribution in [3.8, 4) is 5.75 Å². The molecule has 0 aliphatic carbocycles. The number of nitrogens with two attached hydrogens (primary N) is 1. The van der Waals surface area contributed by atoms with E-state index >= 15 is 4.39 Å². The van der Waals surface area contributed by atoms with Crippen molar-refractivity contribution in [1.82, 2.24) is 0 Å². The zero-order chi connectivity index (χ0) is 30.6. The third-order valence-corrected chi connectivity index (χ3v) is 7.12. The largest absolute Gasteiger partial charge is 0.496 e. The van der Waals surface area contributed by atoms with Crippen LogP contribution in [0.25, 0.3) is 10.8 Å². The molecule has 218 valence electrons. The number of nitrogens with one attached hydrogen (secondary N) is 1. The normalized spacial score (nSPS) is 12.6. The number of benzene rings is 4. The summed E-state index contributed by atoms with van der Waals surface area (Å²) in [6.07, 6.45) is -4.14. The van der Waals surface area contributed by atoms with Crippen LogP contribution in [0.2, 0.25) is 0 Å². The molecule has 4 aromatic rings. The van der Waals surface area contributed by atoms with Gasteiger partial charge in [-0.1, -0.05) is 62.0 Å². The number of allylic oxidation sites excluding steroid dienone is 2. The molecule has 0 saturated heterocycles. The Morgan fingerprint density at radius 1 is 1.07 bits per heavy atom. The fourth-order valence-corrected chi connectivity index (χ4v) is 4.75. The maximum absolute atomic E-state index is 15.0. The van der Waals surface area contributed by atoms with Crippen molar-refractivity contribution in [2.75, 3.05) is 24.4 Å². The smallest absolute Gasteiger partial charge is 0.415 e. The maximum atomic E-state index is 15.0. The predicted octanol–water partition coefficient (Wildman–Crippen LogP) is 7.68. The first-order chi connectivity index (χ1) is 19.9. The van der Waals surface area contributed by atoms with Gasteiger partial charge in [0.15, 0.2) is 0 Å². The van der Waals surface area contributed by atoms with Crippen molar-refractivity contribution in [1.29, 1.82) is 0 Å². The van der Waals surface area contributed by atoms with Gasteiger partial charge in [-0.2, -0.15) is 13.2 Å². The van der Waals surface area contributed by atoms with Crippen LogP contribution in [-0.2, 0) is 11.3 Å². The maximum Gasteiger partial charge on any atom is 0.415 e. The lowest BCUT2D eigenvalue weighted by Crippen LogP contribution is -2.29. The number of amides is 1. The highest BCUT2D eigenvalue weighted by molar-refractivity contribution is 6.06. The Morgan fingerprint density at radius 2 is 1.81 bits per heavy atom. The first-order valence-corrected chi connectivity index (χ1v) is 13.1. The lowest BCUT2D eigenvalue weighted by atomic mass is 9.88. The van der Waals surface area contributed by atoms with Crippen LogP contribution in [0.3, 0.4) is 0 Å². The van der Waals surface area contributed by atoms with Gasteiger partial charge in [-0.05, 0) is 58.3 Å². The van der Waals surface area contributed by atoms with Crippen molar-refractivity contribution in [3.05, 3.63) is 125 Å². The summed E-state index contributed by atoms with van der Waals surface area (Å²) in [5, 5.41) is 4.42. The molecule has 0 fully saturated rings. The standard InChI is InChI=1S/C33H31F4N3O2/c1-20(33(35,36)37)16-29(40(3)25-10-7-8-22(17-25)19-38)32(41)39-28-18-24(12-14-27(28)34)21(2)31-26-11-6-5-9-23(26)13-15-30(31)42-4/h5-18,21H,1,19,38H2,2-4H3,(H,39,41)/b29-16-. The van der Waals surface area contributed by atoms with E-state index in [0.717, 1.165) is 16.3 Å². The highest BCUT2D eigenvalue weighted by Gasteiger charge is 2.32. The number of hydrogen-bond acceptors (Lipinski definition) is 4. The van der Waals surface area contributed by atoms with E-state index in [4.69, 9.17) is 10.5 Å². The minimum absolute atomic E-state index is 0.184. The number of carbonyl (C=O) groups is 1. The third kappa shape index (κ3) is 6.47. The van der Waals surface area contributed by atoms with Crippen LogP contribution >= 0.6 is 0 Å². The summed E-state index contributed by atoms with van der Waals surface area (Å²) in [4.78, 5) is 14.8. The fourth-order valence-electron chi connectivity index (χ4n) is 4.75. The molecule has 0 spiro atoms. The average Bonchev–Trinajstić information content (AvgIpc) is 2.98. The van der Waals surface area contributed by atoms with Crippen LogP contribution in [0.4, 0.5) is 28.9 Å². The Bertz CT molecular complexity index is 1660. The Kier molecular flexibility index (Phi) is 9.02. The van der Waals surface area contributed by atoms with E-state index in [1.54, 1.807) is 37.4 Å². The van der Waals surface area contributed by atoms with Crippen LogP contribution in [0.15, 0.2) is 103 Å². The van der Waals surface area contributed by atoms with Crippen LogP contribution in [-0.4, -0.2) is 26.2 Å². The Hall–Kier alpha value is -4.63. The van der Waals surface area contributed by atoms with Crippen molar-refractivity contribution in [3.63, 3.8) is 0 Å². The van der Waals surface area contributed by atoms with E-state index in [0.29, 0.717) is 28.6 Å². The van der Waals surface area contributed by atoms with Gasteiger partial charge in [-0.15, -0.1) is 0 Å². The first-order valence-electron chi connectivity index (χ1n) is 13.1. The van der Waals surface area contributed by atoms with Gasteiger partial charge in [0.1, 0.15) is 17.3 Å². The molecule has 0 aliphatic rings. The van der Waals surface area contributed by atoms with E-state index < -0.39 is 23.5 Å². The molecule has 0 bridgehead atoms. The number of methoxy groups -OCH3 is 1. The van der Waals surface area contributed by atoms with Gasteiger partial charge in [-0.25, -0.2) is 4.39 Å². The van der Waals surface area contributed by atoms with E-state index in [1.807, 2.05) is 43.3 Å². The number of rotatable bonds is 9. The number of likely N-dealkylation sites (N-methyl/N-ethyl adjacent to an activating group) is 1. The lowest BCUT2D eigenvalue weighted by molar-refractivity contribution is -0.113. The van der Waals surface area contributed by atoms with Crippen LogP contribution in [0.1, 0.15) is 29.5 Å². The van der Waals surface area contributed by atoms with Gasteiger partial charge in [-0.3, -0.25) is 4.79 Å². The molecule has 1 amide bonds. The minimum atomic E-state index is -4.77. The molecule has 1 atom stereocenters. The summed E-state index contributed by atoms with van der Waals surface area (Å²) < 4.78 is 61.0. The number of anilines is 2. The molecular formula is C33H31F4N3O2. The zero-order valence-electron chi connectivity index (χ0n) is 23.4. The summed E-state index contributed by atoms with van der Waals surface area (Å²) in [6.45, 7) is 5.21. The van der Waals surface area contributed by atoms with Gasteiger partial charge in [0.05, 0.1) is 18.4 Å². The number of fused-ring (bicyclic) bond motifs is 1. The van der Waals surface area contributed by atoms with Crippen molar-refractivity contribution >= 4 is 28.1 Å². The van der Waals surface area contributed by atoms with Gasteiger partial charge < -0.3 is 20.7 Å². The highest BCUT2D eigenvalue weighted by Crippen LogP contribution is 2.38. The van der Waals surface area contributed by atoms with Gasteiger partial charge in [0, 0.05) is 30.8 Å². The molecule has 0 heterocycles. The van der Waals surface area contributed by atoms with Gasteiger partial charge in [0.25, 0.3) is 5.91 Å². The molecular weight excluding hydrogens is 546 g/mol. The van der Waals surface area contributed by atoms with Crippen molar-refractivity contribution in [2.24, 2.45) is 5.73 Å². The molecule has 0 aromatic heterocycles. The number of alkyl halides is 3. The van der Waals surface area contributed by atoms with Crippen LogP contribution in [0.5, 0.6) is 5.75 Å². The molecule has 4 rings (SSSR count). The summed E-state index contributed by atoms with van der Waals surface area (Å²) >= 11 is 0. The molecule has 4 aromatic carbocycles. The predicted molar refractivity (Wildman–Crippen MR) is 159 cm³/mol. The second-order valence-corrected chi connectivity index (χ2v) is 9.80. The minimum Gasteiger partial charge on any atom is -0.496 e. The van der Waals surface area contributed by atoms with Crippen LogP contribution < -0.4 is 20.7 Å². The Morgan fingerprint density at radius 3 is 2.50 bits per heavy atom. The molecule has 1 unspecified atom stereocenters. The molecule has 9 heteroatoms. The second-order valence-electron chi connectivity index (χ2n) is 9.80. The monoisotopic (exact) mass is 577 g/mol. The quantitative estimate of drug-likeness (QED) is 0.122. The summed E-state index contributed by atoms with van der Waals surface area (Å²) in [5.41, 5.74) is 6.58. The highest BCUT2D eigenvalue weighted by atomic mass is 19.4. The number of nitrogens with zero attached hydrogens (tertiary/aromatic N) is 1.